The minimum absolute atomic E-state index is 0.0505. The van der Waals surface area contributed by atoms with E-state index in [0.29, 0.717) is 18.0 Å². The fourth-order valence-corrected chi connectivity index (χ4v) is 2.46. The van der Waals surface area contributed by atoms with Gasteiger partial charge in [0.15, 0.2) is 0 Å². The molecule has 1 N–H and O–H groups in total. The molecule has 0 spiro atoms. The van der Waals surface area contributed by atoms with E-state index >= 15 is 0 Å². The Hall–Kier alpha value is -1.68. The lowest BCUT2D eigenvalue weighted by Crippen LogP contribution is -2.24. The minimum atomic E-state index is -0.119. The highest BCUT2D eigenvalue weighted by molar-refractivity contribution is 5.28. The maximum Gasteiger partial charge on any atom is 0.130 e. The molecule has 114 valence electrons. The maximum atomic E-state index is 14.3. The van der Waals surface area contributed by atoms with Crippen molar-refractivity contribution < 1.29 is 4.39 Å². The number of likely N-dealkylation sites (N-methyl/N-ethyl adjacent to an activating group) is 1. The molecule has 21 heavy (non-hydrogen) atoms. The van der Waals surface area contributed by atoms with Gasteiger partial charge in [0.1, 0.15) is 5.82 Å². The van der Waals surface area contributed by atoms with Gasteiger partial charge in [-0.2, -0.15) is 5.10 Å². The highest BCUT2D eigenvalue weighted by Gasteiger charge is 2.18. The molecule has 0 radical (unpaired) electrons. The standard InChI is InChI=1S/C17H24FN3/c1-5-19-16(15-8-6-7-13(4)17(15)18)11-14-9-10-21(20-14)12(2)3/h6-10,12,16,19H,5,11H2,1-4H3. The zero-order chi connectivity index (χ0) is 15.4. The van der Waals surface area contributed by atoms with Crippen LogP contribution >= 0.6 is 0 Å². The van der Waals surface area contributed by atoms with Gasteiger partial charge in [0.2, 0.25) is 0 Å². The third kappa shape index (κ3) is 3.70. The lowest BCUT2D eigenvalue weighted by molar-refractivity contribution is 0.489. The number of nitrogens with one attached hydrogen (secondary N) is 1. The number of halogens is 1. The van der Waals surface area contributed by atoms with Crippen molar-refractivity contribution in [2.24, 2.45) is 0 Å². The van der Waals surface area contributed by atoms with Crippen LogP contribution in [0.15, 0.2) is 30.5 Å². The molecular weight excluding hydrogens is 265 g/mol. The van der Waals surface area contributed by atoms with Crippen molar-refractivity contribution in [2.75, 3.05) is 6.54 Å². The number of hydrogen-bond donors (Lipinski definition) is 1. The van der Waals surface area contributed by atoms with Crippen molar-refractivity contribution in [2.45, 2.75) is 46.2 Å². The lowest BCUT2D eigenvalue weighted by atomic mass is 9.99. The summed E-state index contributed by atoms with van der Waals surface area (Å²) in [6, 6.07) is 7.87. The molecule has 3 nitrogen and oxygen atoms in total. The quantitative estimate of drug-likeness (QED) is 0.876. The summed E-state index contributed by atoms with van der Waals surface area (Å²) in [4.78, 5) is 0. The van der Waals surface area contributed by atoms with Crippen molar-refractivity contribution in [3.63, 3.8) is 0 Å². The molecule has 2 rings (SSSR count). The summed E-state index contributed by atoms with van der Waals surface area (Å²) in [5.74, 6) is -0.119. The van der Waals surface area contributed by atoms with Crippen molar-refractivity contribution in [3.05, 3.63) is 53.1 Å². The molecular formula is C17H24FN3. The average molecular weight is 289 g/mol. The molecule has 1 aromatic heterocycles. The summed E-state index contributed by atoms with van der Waals surface area (Å²) < 4.78 is 16.3. The summed E-state index contributed by atoms with van der Waals surface area (Å²) in [5.41, 5.74) is 2.38. The van der Waals surface area contributed by atoms with Crippen LogP contribution in [0.3, 0.4) is 0 Å². The number of rotatable bonds is 6. The molecule has 1 heterocycles. The van der Waals surface area contributed by atoms with Crippen LogP contribution in [-0.4, -0.2) is 16.3 Å². The molecule has 1 aromatic carbocycles. The van der Waals surface area contributed by atoms with Gasteiger partial charge in [-0.05, 0) is 38.9 Å². The largest absolute Gasteiger partial charge is 0.310 e. The lowest BCUT2D eigenvalue weighted by Gasteiger charge is -2.19. The smallest absolute Gasteiger partial charge is 0.130 e. The van der Waals surface area contributed by atoms with Crippen LogP contribution in [0.1, 0.15) is 49.7 Å². The second kappa shape index (κ2) is 6.85. The van der Waals surface area contributed by atoms with Gasteiger partial charge in [-0.1, -0.05) is 25.1 Å². The highest BCUT2D eigenvalue weighted by atomic mass is 19.1. The molecule has 0 bridgehead atoms. The first kappa shape index (κ1) is 15.7. The van der Waals surface area contributed by atoms with Crippen molar-refractivity contribution in [3.8, 4) is 0 Å². The van der Waals surface area contributed by atoms with E-state index in [2.05, 4.69) is 24.3 Å². The van der Waals surface area contributed by atoms with Gasteiger partial charge in [-0.25, -0.2) is 4.39 Å². The third-order valence-electron chi connectivity index (χ3n) is 3.65. The van der Waals surface area contributed by atoms with Crippen LogP contribution in [0.5, 0.6) is 0 Å². The van der Waals surface area contributed by atoms with Gasteiger partial charge >= 0.3 is 0 Å². The van der Waals surface area contributed by atoms with E-state index in [-0.39, 0.29) is 11.9 Å². The topological polar surface area (TPSA) is 29.9 Å². The normalized spacial score (nSPS) is 12.9. The van der Waals surface area contributed by atoms with Crippen LogP contribution in [0.25, 0.3) is 0 Å². The number of benzene rings is 1. The van der Waals surface area contributed by atoms with Crippen LogP contribution < -0.4 is 5.32 Å². The van der Waals surface area contributed by atoms with E-state index in [4.69, 9.17) is 0 Å². The Bertz CT molecular complexity index is 589. The van der Waals surface area contributed by atoms with E-state index < -0.39 is 0 Å². The monoisotopic (exact) mass is 289 g/mol. The van der Waals surface area contributed by atoms with Crippen molar-refractivity contribution >= 4 is 0 Å². The summed E-state index contributed by atoms with van der Waals surface area (Å²) in [5, 5.41) is 7.93. The molecule has 0 aliphatic rings. The average Bonchev–Trinajstić information content (AvgIpc) is 2.90. The Morgan fingerprint density at radius 3 is 2.67 bits per heavy atom. The van der Waals surface area contributed by atoms with E-state index in [1.165, 1.54) is 0 Å². The fraction of sp³-hybridized carbons (Fsp3) is 0.471. The number of nitrogens with zero attached hydrogens (tertiary/aromatic N) is 2. The van der Waals surface area contributed by atoms with Crippen molar-refractivity contribution in [1.82, 2.24) is 15.1 Å². The highest BCUT2D eigenvalue weighted by Crippen LogP contribution is 2.23. The van der Waals surface area contributed by atoms with E-state index in [9.17, 15) is 4.39 Å². The van der Waals surface area contributed by atoms with E-state index in [1.54, 1.807) is 13.0 Å². The van der Waals surface area contributed by atoms with Gasteiger partial charge < -0.3 is 5.32 Å². The summed E-state index contributed by atoms with van der Waals surface area (Å²) in [7, 11) is 0. The van der Waals surface area contributed by atoms with Crippen LogP contribution in [0.2, 0.25) is 0 Å². The molecule has 0 aliphatic heterocycles. The Kier molecular flexibility index (Phi) is 5.12. The number of hydrogen-bond acceptors (Lipinski definition) is 2. The predicted octanol–water partition coefficient (Wildman–Crippen LogP) is 3.80. The molecule has 1 atom stereocenters. The van der Waals surface area contributed by atoms with Crippen LogP contribution in [0, 0.1) is 12.7 Å². The molecule has 0 amide bonds. The Morgan fingerprint density at radius 1 is 1.29 bits per heavy atom. The fourth-order valence-electron chi connectivity index (χ4n) is 2.46. The van der Waals surface area contributed by atoms with Crippen LogP contribution in [0.4, 0.5) is 4.39 Å². The second-order valence-electron chi connectivity index (χ2n) is 5.67. The number of aryl methyl sites for hydroxylation is 1. The summed E-state index contributed by atoms with van der Waals surface area (Å²) in [6.45, 7) is 8.82. The predicted molar refractivity (Wildman–Crippen MR) is 83.9 cm³/mol. The first-order valence-electron chi connectivity index (χ1n) is 7.55. The zero-order valence-electron chi connectivity index (χ0n) is 13.2. The molecule has 0 fully saturated rings. The van der Waals surface area contributed by atoms with Gasteiger partial charge in [0.05, 0.1) is 5.69 Å². The molecule has 1 unspecified atom stereocenters. The number of aromatic nitrogens is 2. The van der Waals surface area contributed by atoms with E-state index in [0.717, 1.165) is 17.8 Å². The zero-order valence-corrected chi connectivity index (χ0v) is 13.2. The molecule has 0 saturated carbocycles. The second-order valence-corrected chi connectivity index (χ2v) is 5.67. The summed E-state index contributed by atoms with van der Waals surface area (Å²) in [6.07, 6.45) is 2.67. The molecule has 2 aromatic rings. The van der Waals surface area contributed by atoms with Gasteiger partial charge in [0, 0.05) is 30.3 Å². The van der Waals surface area contributed by atoms with Gasteiger partial charge in [-0.3, -0.25) is 4.68 Å². The third-order valence-corrected chi connectivity index (χ3v) is 3.65. The first-order chi connectivity index (χ1) is 10.0. The molecule has 4 heteroatoms. The van der Waals surface area contributed by atoms with Gasteiger partial charge in [-0.15, -0.1) is 0 Å². The maximum absolute atomic E-state index is 14.3. The van der Waals surface area contributed by atoms with Gasteiger partial charge in [0.25, 0.3) is 0 Å². The molecule has 0 saturated heterocycles. The Balaban J connectivity index is 2.24. The SMILES string of the molecule is CCNC(Cc1ccn(C(C)C)n1)c1cccc(C)c1F. The first-order valence-corrected chi connectivity index (χ1v) is 7.55. The Labute approximate surface area is 126 Å². The Morgan fingerprint density at radius 2 is 2.05 bits per heavy atom. The molecule has 0 aliphatic carbocycles. The van der Waals surface area contributed by atoms with Crippen molar-refractivity contribution in [1.29, 1.82) is 0 Å². The minimum Gasteiger partial charge on any atom is -0.310 e. The van der Waals surface area contributed by atoms with Crippen LogP contribution in [-0.2, 0) is 6.42 Å². The van der Waals surface area contributed by atoms with E-state index in [1.807, 2.05) is 36.0 Å². The summed E-state index contributed by atoms with van der Waals surface area (Å²) >= 11 is 0.